The van der Waals surface area contributed by atoms with Crippen LogP contribution in [0.15, 0.2) is 36.9 Å². The Bertz CT molecular complexity index is 682. The largest absolute Gasteiger partial charge is 0.490 e. The van der Waals surface area contributed by atoms with Gasteiger partial charge in [0.1, 0.15) is 12.4 Å². The van der Waals surface area contributed by atoms with Crippen LogP contribution in [0.2, 0.25) is 0 Å². The Labute approximate surface area is 164 Å². The van der Waals surface area contributed by atoms with Gasteiger partial charge in [-0.1, -0.05) is 45.6 Å². The van der Waals surface area contributed by atoms with Gasteiger partial charge in [0.15, 0.2) is 0 Å². The van der Waals surface area contributed by atoms with Gasteiger partial charge in [-0.2, -0.15) is 0 Å². The molecule has 1 aromatic carbocycles. The summed E-state index contributed by atoms with van der Waals surface area (Å²) in [5, 5.41) is 3.35. The number of ether oxygens (including phenoxy) is 1. The highest BCUT2D eigenvalue weighted by Gasteiger charge is 2.61. The zero-order chi connectivity index (χ0) is 19.7. The molecule has 0 aromatic heterocycles. The molecule has 3 atom stereocenters. The maximum absolute atomic E-state index is 12.6. The number of benzene rings is 1. The van der Waals surface area contributed by atoms with Crippen LogP contribution in [0.3, 0.4) is 0 Å². The lowest BCUT2D eigenvalue weighted by Crippen LogP contribution is -2.49. The fourth-order valence-electron chi connectivity index (χ4n) is 5.12. The van der Waals surface area contributed by atoms with Gasteiger partial charge in [0.25, 0.3) is 0 Å². The van der Waals surface area contributed by atoms with Crippen molar-refractivity contribution in [3.8, 4) is 5.75 Å². The van der Waals surface area contributed by atoms with Gasteiger partial charge in [0, 0.05) is 12.6 Å². The van der Waals surface area contributed by atoms with Crippen LogP contribution >= 0.6 is 0 Å². The molecular weight excluding hydrogens is 336 g/mol. The number of hydrogen-bond donors (Lipinski definition) is 1. The minimum absolute atomic E-state index is 0.137. The average Bonchev–Trinajstić information content (AvgIpc) is 2.94. The molecule has 1 aromatic rings. The smallest absolute Gasteiger partial charge is 0.234 e. The Morgan fingerprint density at radius 2 is 2.04 bits per heavy atom. The molecule has 0 spiro atoms. The summed E-state index contributed by atoms with van der Waals surface area (Å²) in [5.74, 6) is 1.72. The number of carbonyl (C=O) groups is 1. The number of rotatable bonds is 8. The van der Waals surface area contributed by atoms with Crippen molar-refractivity contribution >= 4 is 5.91 Å². The molecule has 27 heavy (non-hydrogen) atoms. The number of carbonyl (C=O) groups excluding carboxylic acids is 1. The molecule has 0 unspecified atom stereocenters. The van der Waals surface area contributed by atoms with E-state index in [-0.39, 0.29) is 11.3 Å². The fourth-order valence-corrected chi connectivity index (χ4v) is 5.12. The molecule has 4 nitrogen and oxygen atoms in total. The fraction of sp³-hybridized carbons (Fsp3) is 0.609. The Morgan fingerprint density at radius 3 is 2.59 bits per heavy atom. The molecule has 2 aliphatic rings. The quantitative estimate of drug-likeness (QED) is 0.703. The molecule has 0 saturated heterocycles. The molecule has 0 aliphatic heterocycles. The van der Waals surface area contributed by atoms with Crippen molar-refractivity contribution in [1.82, 2.24) is 10.2 Å². The van der Waals surface area contributed by atoms with Crippen LogP contribution in [0.1, 0.15) is 45.6 Å². The van der Waals surface area contributed by atoms with Crippen molar-refractivity contribution < 1.29 is 9.53 Å². The minimum Gasteiger partial charge on any atom is -0.490 e. The molecule has 3 rings (SSSR count). The van der Waals surface area contributed by atoms with E-state index in [2.05, 4.69) is 37.6 Å². The van der Waals surface area contributed by atoms with Gasteiger partial charge in [-0.3, -0.25) is 9.69 Å². The van der Waals surface area contributed by atoms with E-state index in [0.717, 1.165) is 24.6 Å². The number of nitrogens with one attached hydrogen (secondary N) is 1. The summed E-state index contributed by atoms with van der Waals surface area (Å²) in [4.78, 5) is 14.7. The van der Waals surface area contributed by atoms with E-state index in [1.807, 2.05) is 31.3 Å². The van der Waals surface area contributed by atoms with Crippen LogP contribution in [-0.4, -0.2) is 37.0 Å². The summed E-state index contributed by atoms with van der Waals surface area (Å²) in [6.45, 7) is 12.5. The van der Waals surface area contributed by atoms with Crippen LogP contribution in [0.4, 0.5) is 0 Å². The van der Waals surface area contributed by atoms with Gasteiger partial charge in [-0.05, 0) is 60.8 Å². The third-order valence-corrected chi connectivity index (χ3v) is 7.29. The Kier molecular flexibility index (Phi) is 5.66. The Morgan fingerprint density at radius 1 is 1.33 bits per heavy atom. The van der Waals surface area contributed by atoms with E-state index in [4.69, 9.17) is 4.74 Å². The molecule has 2 bridgehead atoms. The lowest BCUT2D eigenvalue weighted by Gasteiger charge is -2.39. The van der Waals surface area contributed by atoms with Crippen LogP contribution in [-0.2, 0) is 11.3 Å². The van der Waals surface area contributed by atoms with Gasteiger partial charge in [0.2, 0.25) is 5.91 Å². The van der Waals surface area contributed by atoms with Gasteiger partial charge < -0.3 is 10.1 Å². The van der Waals surface area contributed by atoms with Gasteiger partial charge in [-0.25, -0.2) is 0 Å². The second-order valence-electron chi connectivity index (χ2n) is 9.15. The highest BCUT2D eigenvalue weighted by atomic mass is 16.5. The van der Waals surface area contributed by atoms with Crippen molar-refractivity contribution in [2.45, 2.75) is 52.6 Å². The minimum atomic E-state index is 0.137. The Balaban J connectivity index is 1.49. The molecule has 1 amide bonds. The van der Waals surface area contributed by atoms with Gasteiger partial charge in [-0.15, -0.1) is 0 Å². The van der Waals surface area contributed by atoms with E-state index in [0.29, 0.717) is 24.6 Å². The van der Waals surface area contributed by atoms with Crippen LogP contribution in [0, 0.1) is 16.7 Å². The molecule has 148 valence electrons. The summed E-state index contributed by atoms with van der Waals surface area (Å²) in [6, 6.07) is 8.34. The number of amides is 1. The monoisotopic (exact) mass is 370 g/mol. The number of likely N-dealkylation sites (N-methyl/N-ethyl adjacent to an activating group) is 1. The number of fused-ring (bicyclic) bond motifs is 2. The summed E-state index contributed by atoms with van der Waals surface area (Å²) >= 11 is 0. The standard InChI is InChI=1S/C23H34N2O2/c1-6-13-27-19-9-7-17(8-10-19)15-25(5)16-21(26)24-20-14-18-11-12-23(20,4)22(18,2)3/h6-10,18,20H,1,11-16H2,2-5H3,(H,24,26)/t18-,20+,23-/m1/s1. The summed E-state index contributed by atoms with van der Waals surface area (Å²) < 4.78 is 5.51. The lowest BCUT2D eigenvalue weighted by atomic mass is 9.69. The summed E-state index contributed by atoms with van der Waals surface area (Å²) in [5.41, 5.74) is 1.73. The van der Waals surface area contributed by atoms with Crippen molar-refractivity contribution in [3.63, 3.8) is 0 Å². The molecule has 1 N–H and O–H groups in total. The zero-order valence-electron chi connectivity index (χ0n) is 17.3. The van der Waals surface area contributed by atoms with Crippen LogP contribution in [0.25, 0.3) is 0 Å². The second-order valence-corrected chi connectivity index (χ2v) is 9.15. The molecule has 0 radical (unpaired) electrons. The topological polar surface area (TPSA) is 41.6 Å². The average molecular weight is 371 g/mol. The van der Waals surface area contributed by atoms with Gasteiger partial charge >= 0.3 is 0 Å². The summed E-state index contributed by atoms with van der Waals surface area (Å²) in [7, 11) is 1.99. The predicted molar refractivity (Wildman–Crippen MR) is 110 cm³/mol. The maximum Gasteiger partial charge on any atom is 0.234 e. The Hall–Kier alpha value is -1.81. The van der Waals surface area contributed by atoms with E-state index in [1.165, 1.54) is 18.4 Å². The summed E-state index contributed by atoms with van der Waals surface area (Å²) in [6.07, 6.45) is 5.40. The van der Waals surface area contributed by atoms with E-state index in [1.54, 1.807) is 6.08 Å². The van der Waals surface area contributed by atoms with Crippen molar-refractivity contribution in [3.05, 3.63) is 42.5 Å². The van der Waals surface area contributed by atoms with Crippen molar-refractivity contribution in [2.75, 3.05) is 20.2 Å². The third-order valence-electron chi connectivity index (χ3n) is 7.29. The van der Waals surface area contributed by atoms with Gasteiger partial charge in [0.05, 0.1) is 6.54 Å². The molecule has 2 saturated carbocycles. The van der Waals surface area contributed by atoms with Crippen LogP contribution < -0.4 is 10.1 Å². The SMILES string of the molecule is C=CCOc1ccc(CN(C)CC(=O)N[C@H]2C[C@H]3CC[C@@]2(C)C3(C)C)cc1. The van der Waals surface area contributed by atoms with Crippen LogP contribution in [0.5, 0.6) is 5.75 Å². The first kappa shape index (κ1) is 19.9. The number of nitrogens with zero attached hydrogens (tertiary/aromatic N) is 1. The third kappa shape index (κ3) is 3.91. The molecule has 2 aliphatic carbocycles. The normalized spacial score (nSPS) is 28.3. The maximum atomic E-state index is 12.6. The number of hydrogen-bond acceptors (Lipinski definition) is 3. The molecular formula is C23H34N2O2. The predicted octanol–water partition coefficient (Wildman–Crippen LogP) is 4.01. The molecule has 0 heterocycles. The molecule has 4 heteroatoms. The first-order valence-corrected chi connectivity index (χ1v) is 10.1. The van der Waals surface area contributed by atoms with E-state index in [9.17, 15) is 4.79 Å². The first-order valence-electron chi connectivity index (χ1n) is 10.1. The van der Waals surface area contributed by atoms with Crippen molar-refractivity contribution in [1.29, 1.82) is 0 Å². The lowest BCUT2D eigenvalue weighted by molar-refractivity contribution is -0.123. The van der Waals surface area contributed by atoms with Crippen molar-refractivity contribution in [2.24, 2.45) is 16.7 Å². The zero-order valence-corrected chi connectivity index (χ0v) is 17.3. The first-order chi connectivity index (χ1) is 12.8. The van der Waals surface area contributed by atoms with E-state index >= 15 is 0 Å². The van der Waals surface area contributed by atoms with E-state index < -0.39 is 0 Å². The highest BCUT2D eigenvalue weighted by molar-refractivity contribution is 5.78. The molecule has 2 fully saturated rings. The highest BCUT2D eigenvalue weighted by Crippen LogP contribution is 2.65. The second kappa shape index (κ2) is 7.67.